The maximum atomic E-state index is 11.7. The SMILES string of the molecule is CC1=C(C)C[C@]2(C(=O)O)C=CNC(=O)[C@H]2C1. The van der Waals surface area contributed by atoms with Crippen molar-refractivity contribution in [1.29, 1.82) is 0 Å². The first-order chi connectivity index (χ1) is 7.47. The van der Waals surface area contributed by atoms with Crippen LogP contribution in [0.3, 0.4) is 0 Å². The molecular formula is C12H15NO3. The van der Waals surface area contributed by atoms with Crippen molar-refractivity contribution in [2.75, 3.05) is 0 Å². The zero-order chi connectivity index (χ0) is 11.9. The lowest BCUT2D eigenvalue weighted by molar-refractivity contribution is -0.154. The van der Waals surface area contributed by atoms with Gasteiger partial charge in [0, 0.05) is 6.20 Å². The quantitative estimate of drug-likeness (QED) is 0.658. The normalized spacial score (nSPS) is 33.4. The zero-order valence-corrected chi connectivity index (χ0v) is 9.41. The van der Waals surface area contributed by atoms with E-state index < -0.39 is 17.3 Å². The van der Waals surface area contributed by atoms with Crippen molar-refractivity contribution in [1.82, 2.24) is 5.32 Å². The van der Waals surface area contributed by atoms with Gasteiger partial charge in [-0.1, -0.05) is 17.2 Å². The van der Waals surface area contributed by atoms with Gasteiger partial charge < -0.3 is 10.4 Å². The van der Waals surface area contributed by atoms with Crippen molar-refractivity contribution in [3.05, 3.63) is 23.4 Å². The number of fused-ring (bicyclic) bond motifs is 1. The molecule has 1 aliphatic heterocycles. The number of nitrogens with one attached hydrogen (secondary N) is 1. The summed E-state index contributed by atoms with van der Waals surface area (Å²) in [5.41, 5.74) is 1.18. The van der Waals surface area contributed by atoms with E-state index in [1.165, 1.54) is 6.20 Å². The summed E-state index contributed by atoms with van der Waals surface area (Å²) in [6, 6.07) is 0. The maximum absolute atomic E-state index is 11.7. The lowest BCUT2D eigenvalue weighted by atomic mass is 9.63. The second-order valence-electron chi connectivity index (χ2n) is 4.68. The van der Waals surface area contributed by atoms with Gasteiger partial charge in [-0.25, -0.2) is 0 Å². The van der Waals surface area contributed by atoms with Gasteiger partial charge in [0.2, 0.25) is 5.91 Å². The lowest BCUT2D eigenvalue weighted by Gasteiger charge is -2.40. The number of amides is 1. The van der Waals surface area contributed by atoms with E-state index in [-0.39, 0.29) is 5.91 Å². The average Bonchev–Trinajstić information content (AvgIpc) is 2.21. The Kier molecular flexibility index (Phi) is 2.37. The Balaban J connectivity index is 2.52. The minimum Gasteiger partial charge on any atom is -0.481 e. The summed E-state index contributed by atoms with van der Waals surface area (Å²) in [7, 11) is 0. The average molecular weight is 221 g/mol. The van der Waals surface area contributed by atoms with E-state index >= 15 is 0 Å². The van der Waals surface area contributed by atoms with E-state index in [1.807, 2.05) is 13.8 Å². The summed E-state index contributed by atoms with van der Waals surface area (Å²) in [5, 5.41) is 12.0. The van der Waals surface area contributed by atoms with E-state index in [0.29, 0.717) is 12.8 Å². The molecule has 0 aromatic carbocycles. The van der Waals surface area contributed by atoms with E-state index in [4.69, 9.17) is 0 Å². The van der Waals surface area contributed by atoms with Crippen LogP contribution in [0.1, 0.15) is 26.7 Å². The topological polar surface area (TPSA) is 66.4 Å². The third-order valence-electron chi connectivity index (χ3n) is 3.74. The van der Waals surface area contributed by atoms with Gasteiger partial charge in [-0.2, -0.15) is 0 Å². The largest absolute Gasteiger partial charge is 0.481 e. The van der Waals surface area contributed by atoms with Crippen LogP contribution in [0.2, 0.25) is 0 Å². The third kappa shape index (κ3) is 1.37. The first-order valence-electron chi connectivity index (χ1n) is 5.34. The number of carboxylic acids is 1. The molecule has 4 nitrogen and oxygen atoms in total. The van der Waals surface area contributed by atoms with E-state index in [1.54, 1.807) is 6.08 Å². The minimum atomic E-state index is -1.04. The number of hydrogen-bond donors (Lipinski definition) is 2. The van der Waals surface area contributed by atoms with Crippen LogP contribution in [0.15, 0.2) is 23.4 Å². The molecule has 0 aromatic rings. The molecule has 0 saturated carbocycles. The molecule has 1 amide bonds. The molecule has 0 saturated heterocycles. The highest BCUT2D eigenvalue weighted by Gasteiger charge is 2.51. The third-order valence-corrected chi connectivity index (χ3v) is 3.74. The highest BCUT2D eigenvalue weighted by Crippen LogP contribution is 2.46. The molecule has 1 heterocycles. The fraction of sp³-hybridized carbons (Fsp3) is 0.500. The smallest absolute Gasteiger partial charge is 0.314 e. The van der Waals surface area contributed by atoms with Gasteiger partial charge >= 0.3 is 5.97 Å². The van der Waals surface area contributed by atoms with Crippen molar-refractivity contribution in [3.63, 3.8) is 0 Å². The fourth-order valence-corrected chi connectivity index (χ4v) is 2.55. The fourth-order valence-electron chi connectivity index (χ4n) is 2.55. The predicted molar refractivity (Wildman–Crippen MR) is 58.4 cm³/mol. The highest BCUT2D eigenvalue weighted by molar-refractivity contribution is 5.91. The molecule has 2 atom stereocenters. The molecule has 0 unspecified atom stereocenters. The monoisotopic (exact) mass is 221 g/mol. The number of hydrogen-bond acceptors (Lipinski definition) is 2. The Hall–Kier alpha value is -1.58. The van der Waals surface area contributed by atoms with Gasteiger partial charge in [-0.05, 0) is 26.7 Å². The number of carbonyl (C=O) groups is 2. The van der Waals surface area contributed by atoms with Crippen LogP contribution in [0.5, 0.6) is 0 Å². The molecule has 86 valence electrons. The van der Waals surface area contributed by atoms with E-state index in [0.717, 1.165) is 11.1 Å². The Morgan fingerprint density at radius 2 is 2.19 bits per heavy atom. The van der Waals surface area contributed by atoms with Crippen molar-refractivity contribution in [3.8, 4) is 0 Å². The molecule has 16 heavy (non-hydrogen) atoms. The molecule has 0 bridgehead atoms. The van der Waals surface area contributed by atoms with Crippen molar-refractivity contribution in [2.24, 2.45) is 11.3 Å². The Morgan fingerprint density at radius 1 is 1.50 bits per heavy atom. The highest BCUT2D eigenvalue weighted by atomic mass is 16.4. The van der Waals surface area contributed by atoms with Crippen LogP contribution < -0.4 is 5.32 Å². The zero-order valence-electron chi connectivity index (χ0n) is 9.41. The molecule has 2 rings (SSSR count). The van der Waals surface area contributed by atoms with Crippen LogP contribution >= 0.6 is 0 Å². The maximum Gasteiger partial charge on any atom is 0.314 e. The second kappa shape index (κ2) is 3.47. The van der Waals surface area contributed by atoms with Crippen molar-refractivity contribution in [2.45, 2.75) is 26.7 Å². The predicted octanol–water partition coefficient (Wildman–Crippen LogP) is 1.45. The van der Waals surface area contributed by atoms with Gasteiger partial charge in [0.15, 0.2) is 0 Å². The molecule has 0 aromatic heterocycles. The molecular weight excluding hydrogens is 206 g/mol. The Labute approximate surface area is 94.0 Å². The van der Waals surface area contributed by atoms with Crippen molar-refractivity contribution >= 4 is 11.9 Å². The molecule has 4 heteroatoms. The van der Waals surface area contributed by atoms with Gasteiger partial charge in [-0.15, -0.1) is 0 Å². The Morgan fingerprint density at radius 3 is 2.81 bits per heavy atom. The second-order valence-corrected chi connectivity index (χ2v) is 4.68. The van der Waals surface area contributed by atoms with Gasteiger partial charge in [0.25, 0.3) is 0 Å². The number of allylic oxidation sites excluding steroid dienone is 2. The molecule has 1 aliphatic carbocycles. The number of rotatable bonds is 1. The van der Waals surface area contributed by atoms with E-state index in [2.05, 4.69) is 5.32 Å². The summed E-state index contributed by atoms with van der Waals surface area (Å²) in [5.74, 6) is -1.56. The summed E-state index contributed by atoms with van der Waals surface area (Å²) < 4.78 is 0. The van der Waals surface area contributed by atoms with Crippen molar-refractivity contribution < 1.29 is 14.7 Å². The standard InChI is InChI=1S/C12H15NO3/c1-7-5-9-10(14)13-4-3-12(9,11(15)16)6-8(7)2/h3-4,9H,5-6H2,1-2H3,(H,13,14)(H,15,16)/t9-,12-/m1/s1. The lowest BCUT2D eigenvalue weighted by Crippen LogP contribution is -2.49. The first kappa shape index (κ1) is 10.9. The van der Waals surface area contributed by atoms with E-state index in [9.17, 15) is 14.7 Å². The summed E-state index contributed by atoms with van der Waals surface area (Å²) in [6.07, 6.45) is 4.05. The van der Waals surface area contributed by atoms with Gasteiger partial charge in [0.05, 0.1) is 5.92 Å². The molecule has 0 radical (unpaired) electrons. The summed E-state index contributed by atoms with van der Waals surface area (Å²) in [6.45, 7) is 3.91. The van der Waals surface area contributed by atoms with Crippen LogP contribution in [0.4, 0.5) is 0 Å². The summed E-state index contributed by atoms with van der Waals surface area (Å²) >= 11 is 0. The molecule has 0 fully saturated rings. The van der Waals surface area contributed by atoms with Gasteiger partial charge in [0.1, 0.15) is 5.41 Å². The first-order valence-corrected chi connectivity index (χ1v) is 5.34. The number of carbonyl (C=O) groups excluding carboxylic acids is 1. The number of carboxylic acid groups (broad SMARTS) is 1. The number of aliphatic carboxylic acids is 1. The molecule has 2 N–H and O–H groups in total. The molecule has 2 aliphatic rings. The minimum absolute atomic E-state index is 0.184. The Bertz CT molecular complexity index is 422. The molecule has 0 spiro atoms. The van der Waals surface area contributed by atoms with Crippen LogP contribution in [-0.4, -0.2) is 17.0 Å². The van der Waals surface area contributed by atoms with Crippen LogP contribution in [-0.2, 0) is 9.59 Å². The van der Waals surface area contributed by atoms with Crippen LogP contribution in [0.25, 0.3) is 0 Å². The van der Waals surface area contributed by atoms with Gasteiger partial charge in [-0.3, -0.25) is 9.59 Å². The van der Waals surface area contributed by atoms with Crippen LogP contribution in [0, 0.1) is 11.3 Å². The summed E-state index contributed by atoms with van der Waals surface area (Å²) in [4.78, 5) is 23.2.